The standard InChI is InChI=1S/C37H38N4O4/c1-37(2,3)45-36(42)41-21-19-28(20-22-41)29-15-17-32-31(23-29)34(39-40(32)4)30-16-18-33(43-24-26-11-7-5-8-12-26)38-35(30)44-25-27-13-9-6-10-14-27/h5-19,23H,20-22,24-25H2,1-4H3. The van der Waals surface area contributed by atoms with Crippen molar-refractivity contribution in [3.05, 3.63) is 114 Å². The Morgan fingerprint density at radius 3 is 2.20 bits per heavy atom. The van der Waals surface area contributed by atoms with Crippen LogP contribution < -0.4 is 9.47 Å². The van der Waals surface area contributed by atoms with Crippen LogP contribution in [0.25, 0.3) is 27.7 Å². The topological polar surface area (TPSA) is 78.7 Å². The maximum Gasteiger partial charge on any atom is 0.410 e. The number of amides is 1. The Bertz CT molecular complexity index is 1820. The molecule has 5 aromatic rings. The molecule has 0 unspecified atom stereocenters. The van der Waals surface area contributed by atoms with Crippen LogP contribution in [0.15, 0.2) is 97.1 Å². The molecule has 1 amide bonds. The fourth-order valence-electron chi connectivity index (χ4n) is 5.34. The van der Waals surface area contributed by atoms with E-state index in [2.05, 4.69) is 24.3 Å². The maximum absolute atomic E-state index is 12.6. The summed E-state index contributed by atoms with van der Waals surface area (Å²) in [5, 5.41) is 5.92. The van der Waals surface area contributed by atoms with Gasteiger partial charge in [0.1, 0.15) is 24.5 Å². The summed E-state index contributed by atoms with van der Waals surface area (Å²) in [6.45, 7) is 7.53. The molecule has 0 saturated carbocycles. The number of carbonyl (C=O) groups is 1. The molecule has 0 radical (unpaired) electrons. The van der Waals surface area contributed by atoms with Crippen LogP contribution in [0.5, 0.6) is 11.8 Å². The van der Waals surface area contributed by atoms with Crippen LogP contribution in [-0.2, 0) is 25.0 Å². The summed E-state index contributed by atoms with van der Waals surface area (Å²) in [5.41, 5.74) is 6.44. The molecule has 6 rings (SSSR count). The summed E-state index contributed by atoms with van der Waals surface area (Å²) in [4.78, 5) is 19.1. The molecule has 45 heavy (non-hydrogen) atoms. The molecule has 3 aromatic carbocycles. The smallest absolute Gasteiger partial charge is 0.410 e. The van der Waals surface area contributed by atoms with Gasteiger partial charge < -0.3 is 19.1 Å². The Morgan fingerprint density at radius 2 is 1.56 bits per heavy atom. The number of ether oxygens (including phenoxy) is 3. The quantitative estimate of drug-likeness (QED) is 0.180. The monoisotopic (exact) mass is 602 g/mol. The second-order valence-electron chi connectivity index (χ2n) is 12.2. The third-order valence-corrected chi connectivity index (χ3v) is 7.62. The molecule has 1 aliphatic rings. The molecule has 0 bridgehead atoms. The van der Waals surface area contributed by atoms with Gasteiger partial charge in [-0.15, -0.1) is 0 Å². The first-order valence-corrected chi connectivity index (χ1v) is 15.2. The minimum Gasteiger partial charge on any atom is -0.473 e. The first kappa shape index (κ1) is 29.9. The molecular formula is C37H38N4O4. The average Bonchev–Trinajstić information content (AvgIpc) is 3.38. The third-order valence-electron chi connectivity index (χ3n) is 7.62. The first-order chi connectivity index (χ1) is 21.7. The molecule has 0 spiro atoms. The molecule has 3 heterocycles. The molecule has 0 saturated heterocycles. The zero-order valence-corrected chi connectivity index (χ0v) is 26.2. The summed E-state index contributed by atoms with van der Waals surface area (Å²) in [6, 6.07) is 30.3. The van der Waals surface area contributed by atoms with E-state index >= 15 is 0 Å². The molecule has 2 aromatic heterocycles. The van der Waals surface area contributed by atoms with E-state index in [0.717, 1.165) is 45.3 Å². The molecule has 0 aliphatic carbocycles. The maximum atomic E-state index is 12.6. The lowest BCUT2D eigenvalue weighted by molar-refractivity contribution is 0.0270. The second kappa shape index (κ2) is 12.9. The fourth-order valence-corrected chi connectivity index (χ4v) is 5.34. The first-order valence-electron chi connectivity index (χ1n) is 15.2. The lowest BCUT2D eigenvalue weighted by Crippen LogP contribution is -2.39. The zero-order chi connectivity index (χ0) is 31.4. The van der Waals surface area contributed by atoms with Crippen molar-refractivity contribution in [3.63, 3.8) is 0 Å². The Kier molecular flexibility index (Phi) is 8.56. The predicted molar refractivity (Wildman–Crippen MR) is 176 cm³/mol. The number of rotatable bonds is 8. The van der Waals surface area contributed by atoms with Crippen LogP contribution in [-0.4, -0.2) is 44.4 Å². The summed E-state index contributed by atoms with van der Waals surface area (Å²) in [7, 11) is 1.94. The molecule has 8 nitrogen and oxygen atoms in total. The molecule has 1 aliphatic heterocycles. The van der Waals surface area contributed by atoms with E-state index in [1.807, 2.05) is 105 Å². The van der Waals surface area contributed by atoms with E-state index in [1.54, 1.807) is 4.90 Å². The fraction of sp³-hybridized carbons (Fsp3) is 0.270. The normalized spacial score (nSPS) is 13.4. The number of carbonyl (C=O) groups excluding carboxylic acids is 1. The van der Waals surface area contributed by atoms with Crippen LogP contribution in [0, 0.1) is 0 Å². The number of aromatic nitrogens is 3. The summed E-state index contributed by atoms with van der Waals surface area (Å²) in [5.74, 6) is 0.938. The van der Waals surface area contributed by atoms with Gasteiger partial charge in [-0.3, -0.25) is 4.68 Å². The number of aryl methyl sites for hydroxylation is 1. The number of benzene rings is 3. The third kappa shape index (κ3) is 7.17. The van der Waals surface area contributed by atoms with E-state index in [0.29, 0.717) is 38.1 Å². The van der Waals surface area contributed by atoms with Gasteiger partial charge in [0.25, 0.3) is 0 Å². The highest BCUT2D eigenvalue weighted by Gasteiger charge is 2.25. The van der Waals surface area contributed by atoms with Crippen molar-refractivity contribution in [2.24, 2.45) is 7.05 Å². The minimum atomic E-state index is -0.520. The Labute approximate surface area is 263 Å². The largest absolute Gasteiger partial charge is 0.473 e. The van der Waals surface area contributed by atoms with Crippen molar-refractivity contribution in [1.29, 1.82) is 0 Å². The van der Waals surface area contributed by atoms with Gasteiger partial charge in [0.05, 0.1) is 11.1 Å². The van der Waals surface area contributed by atoms with Crippen molar-refractivity contribution in [2.75, 3.05) is 13.1 Å². The zero-order valence-electron chi connectivity index (χ0n) is 26.2. The summed E-state index contributed by atoms with van der Waals surface area (Å²) < 4.78 is 19.9. The second-order valence-corrected chi connectivity index (χ2v) is 12.2. The van der Waals surface area contributed by atoms with Gasteiger partial charge >= 0.3 is 6.09 Å². The molecular weight excluding hydrogens is 564 g/mol. The van der Waals surface area contributed by atoms with Crippen molar-refractivity contribution in [2.45, 2.75) is 46.0 Å². The highest BCUT2D eigenvalue weighted by atomic mass is 16.6. The van der Waals surface area contributed by atoms with Crippen LogP contribution in [0.3, 0.4) is 0 Å². The summed E-state index contributed by atoms with van der Waals surface area (Å²) >= 11 is 0. The number of hydrogen-bond acceptors (Lipinski definition) is 6. The van der Waals surface area contributed by atoms with E-state index < -0.39 is 5.60 Å². The molecule has 0 N–H and O–H groups in total. The Hall–Kier alpha value is -5.11. The van der Waals surface area contributed by atoms with Gasteiger partial charge in [-0.1, -0.05) is 72.8 Å². The van der Waals surface area contributed by atoms with E-state index in [-0.39, 0.29) is 6.09 Å². The Balaban J connectivity index is 1.31. The lowest BCUT2D eigenvalue weighted by Gasteiger charge is -2.29. The van der Waals surface area contributed by atoms with Gasteiger partial charge in [0.15, 0.2) is 0 Å². The van der Waals surface area contributed by atoms with Gasteiger partial charge in [-0.25, -0.2) is 4.79 Å². The van der Waals surface area contributed by atoms with Crippen molar-refractivity contribution in [1.82, 2.24) is 19.7 Å². The van der Waals surface area contributed by atoms with Crippen LogP contribution >= 0.6 is 0 Å². The van der Waals surface area contributed by atoms with E-state index in [4.69, 9.17) is 24.3 Å². The molecule has 0 atom stereocenters. The summed E-state index contributed by atoms with van der Waals surface area (Å²) in [6.07, 6.45) is 2.56. The average molecular weight is 603 g/mol. The van der Waals surface area contributed by atoms with Crippen LogP contribution in [0.2, 0.25) is 0 Å². The van der Waals surface area contributed by atoms with Gasteiger partial charge in [0.2, 0.25) is 11.8 Å². The van der Waals surface area contributed by atoms with E-state index in [9.17, 15) is 4.79 Å². The minimum absolute atomic E-state index is 0.283. The lowest BCUT2D eigenvalue weighted by atomic mass is 9.97. The van der Waals surface area contributed by atoms with Gasteiger partial charge in [0, 0.05) is 31.6 Å². The van der Waals surface area contributed by atoms with E-state index in [1.165, 1.54) is 5.57 Å². The number of fused-ring (bicyclic) bond motifs is 1. The highest BCUT2D eigenvalue weighted by molar-refractivity contribution is 5.96. The molecule has 230 valence electrons. The SMILES string of the molecule is Cn1nc(-c2ccc(OCc3ccccc3)nc2OCc2ccccc2)c2cc(C3=CCN(C(=O)OC(C)(C)C)CC3)ccc21. The number of nitrogens with zero attached hydrogens (tertiary/aromatic N) is 4. The Morgan fingerprint density at radius 1 is 0.867 bits per heavy atom. The van der Waals surface area contributed by atoms with Crippen molar-refractivity contribution < 1.29 is 19.0 Å². The number of pyridine rings is 1. The number of hydrogen-bond donors (Lipinski definition) is 0. The predicted octanol–water partition coefficient (Wildman–Crippen LogP) is 7.82. The van der Waals surface area contributed by atoms with Gasteiger partial charge in [-0.05, 0) is 67.7 Å². The van der Waals surface area contributed by atoms with Crippen LogP contribution in [0.1, 0.15) is 43.9 Å². The molecule has 0 fully saturated rings. The van der Waals surface area contributed by atoms with Crippen molar-refractivity contribution in [3.8, 4) is 23.0 Å². The highest BCUT2D eigenvalue weighted by Crippen LogP contribution is 2.37. The molecule has 8 heteroatoms. The van der Waals surface area contributed by atoms with Crippen LogP contribution in [0.4, 0.5) is 4.79 Å². The van der Waals surface area contributed by atoms with Gasteiger partial charge in [-0.2, -0.15) is 10.1 Å². The van der Waals surface area contributed by atoms with Crippen molar-refractivity contribution >= 4 is 22.6 Å².